The van der Waals surface area contributed by atoms with Crippen LogP contribution < -0.4 is 10.2 Å². The summed E-state index contributed by atoms with van der Waals surface area (Å²) in [6.07, 6.45) is 1.33. The number of nitrogens with one attached hydrogen (secondary N) is 1. The van der Waals surface area contributed by atoms with Gasteiger partial charge < -0.3 is 19.0 Å². The average Bonchev–Trinajstić information content (AvgIpc) is 2.95. The third-order valence-electron chi connectivity index (χ3n) is 5.20. The number of nitrogens with zero attached hydrogens (tertiary/aromatic N) is 1. The number of hydroxylamine groups is 1. The largest absolute Gasteiger partial charge is 0.503 e. The number of carbonyl (C=O) groups is 1. The highest BCUT2D eigenvalue weighted by atomic mass is 35.5. The minimum absolute atomic E-state index is 0.103. The molecule has 3 rings (SSSR count). The molecular formula is C29H28Cl2N2O6. The van der Waals surface area contributed by atoms with Crippen molar-refractivity contribution in [1.29, 1.82) is 0 Å². The van der Waals surface area contributed by atoms with Crippen LogP contribution in [0.5, 0.6) is 11.5 Å². The van der Waals surface area contributed by atoms with E-state index in [0.29, 0.717) is 50.7 Å². The Morgan fingerprint density at radius 3 is 2.38 bits per heavy atom. The lowest BCUT2D eigenvalue weighted by molar-refractivity contribution is -0.133. The fourth-order valence-electron chi connectivity index (χ4n) is 3.38. The van der Waals surface area contributed by atoms with Gasteiger partial charge in [0.25, 0.3) is 0 Å². The summed E-state index contributed by atoms with van der Waals surface area (Å²) < 4.78 is 15.8. The quantitative estimate of drug-likeness (QED) is 0.0784. The first kappa shape index (κ1) is 29.6. The normalized spacial score (nSPS) is 11.5. The van der Waals surface area contributed by atoms with Crippen LogP contribution in [-0.2, 0) is 30.6 Å². The summed E-state index contributed by atoms with van der Waals surface area (Å²) in [5.41, 5.74) is 5.91. The molecule has 0 unspecified atom stereocenters. The van der Waals surface area contributed by atoms with E-state index in [4.69, 9.17) is 47.1 Å². The first-order chi connectivity index (χ1) is 18.9. The molecular weight excluding hydrogens is 543 g/mol. The average molecular weight is 571 g/mol. The first-order valence-corrected chi connectivity index (χ1v) is 12.5. The molecule has 1 N–H and O–H groups in total. The molecule has 10 heteroatoms. The van der Waals surface area contributed by atoms with Crippen molar-refractivity contribution in [1.82, 2.24) is 5.48 Å². The highest BCUT2D eigenvalue weighted by Crippen LogP contribution is 2.29. The Balaban J connectivity index is 1.71. The molecule has 0 aliphatic carbocycles. The van der Waals surface area contributed by atoms with Crippen LogP contribution in [-0.4, -0.2) is 32.5 Å². The number of ether oxygens (including phenoxy) is 3. The van der Waals surface area contributed by atoms with Crippen LogP contribution in [0, 0.1) is 0 Å². The van der Waals surface area contributed by atoms with Crippen molar-refractivity contribution in [3.63, 3.8) is 0 Å². The Morgan fingerprint density at radius 1 is 1.00 bits per heavy atom. The van der Waals surface area contributed by atoms with Gasteiger partial charge in [-0.2, -0.15) is 0 Å². The van der Waals surface area contributed by atoms with Crippen molar-refractivity contribution in [2.45, 2.75) is 13.5 Å². The molecule has 0 atom stereocenters. The van der Waals surface area contributed by atoms with Gasteiger partial charge in [-0.1, -0.05) is 59.2 Å². The van der Waals surface area contributed by atoms with Gasteiger partial charge in [-0.3, -0.25) is 10.3 Å². The molecule has 0 saturated heterocycles. The van der Waals surface area contributed by atoms with Crippen LogP contribution >= 0.6 is 23.2 Å². The minimum Gasteiger partial charge on any atom is -0.503 e. The maximum atomic E-state index is 12.2. The molecule has 0 aromatic heterocycles. The second-order valence-electron chi connectivity index (χ2n) is 7.85. The lowest BCUT2D eigenvalue weighted by Gasteiger charge is -2.15. The third kappa shape index (κ3) is 8.25. The zero-order valence-electron chi connectivity index (χ0n) is 21.7. The second-order valence-corrected chi connectivity index (χ2v) is 8.66. The topological polar surface area (TPSA) is 87.6 Å². The summed E-state index contributed by atoms with van der Waals surface area (Å²) in [6.45, 7) is 6.34. The highest BCUT2D eigenvalue weighted by molar-refractivity contribution is 6.42. The Labute approximate surface area is 237 Å². The number of allylic oxidation sites excluding steroid dienone is 1. The van der Waals surface area contributed by atoms with Crippen LogP contribution in [0.2, 0.25) is 10.0 Å². The molecule has 0 fully saturated rings. The van der Waals surface area contributed by atoms with E-state index in [0.717, 1.165) is 5.56 Å². The fourth-order valence-corrected chi connectivity index (χ4v) is 3.66. The van der Waals surface area contributed by atoms with Crippen molar-refractivity contribution in [2.75, 3.05) is 20.8 Å². The lowest BCUT2D eigenvalue weighted by atomic mass is 10.0. The Bertz CT molecular complexity index is 1360. The number of hydrogen-bond donors (Lipinski definition) is 1. The van der Waals surface area contributed by atoms with Gasteiger partial charge in [-0.05, 0) is 54.4 Å². The minimum atomic E-state index is -0.528. The molecule has 0 amide bonds. The van der Waals surface area contributed by atoms with Gasteiger partial charge in [0.05, 0.1) is 36.2 Å². The summed E-state index contributed by atoms with van der Waals surface area (Å²) in [5, 5.41) is 5.04. The molecule has 8 nitrogen and oxygen atoms in total. The number of benzene rings is 3. The molecule has 3 aromatic rings. The van der Waals surface area contributed by atoms with Crippen molar-refractivity contribution in [2.24, 2.45) is 5.16 Å². The summed E-state index contributed by atoms with van der Waals surface area (Å²) in [4.78, 5) is 23.3. The monoisotopic (exact) mass is 570 g/mol. The third-order valence-corrected chi connectivity index (χ3v) is 5.94. The Kier molecular flexibility index (Phi) is 11.2. The van der Waals surface area contributed by atoms with Gasteiger partial charge in [0, 0.05) is 11.6 Å². The number of rotatable bonds is 13. The SMILES string of the molecule is C=C(NOCc1ccccc1C(=COC)C(=O)OC)C(=NOCC)c1ccc(Oc2ccc(Cl)c(Cl)c2)cc1. The van der Waals surface area contributed by atoms with E-state index in [9.17, 15) is 4.79 Å². The zero-order valence-corrected chi connectivity index (χ0v) is 23.2. The van der Waals surface area contributed by atoms with E-state index in [1.807, 2.05) is 31.2 Å². The molecule has 0 heterocycles. The Hall–Kier alpha value is -3.98. The number of carbonyl (C=O) groups excluding carboxylic acids is 1. The number of esters is 1. The summed E-state index contributed by atoms with van der Waals surface area (Å²) in [5.74, 6) is 0.611. The standard InChI is InChI=1S/C29H28Cl2N2O6/c1-5-37-33-28(20-10-12-22(13-11-20)39-23-14-15-26(30)27(31)16-23)19(2)32-38-17-21-8-6-7-9-24(21)25(18-35-3)29(34)36-4/h6-16,18,32H,2,5,17H2,1,3-4H3. The molecule has 39 heavy (non-hydrogen) atoms. The lowest BCUT2D eigenvalue weighted by Crippen LogP contribution is -2.21. The van der Waals surface area contributed by atoms with E-state index in [2.05, 4.69) is 17.2 Å². The van der Waals surface area contributed by atoms with Gasteiger partial charge in [0.1, 0.15) is 36.0 Å². The van der Waals surface area contributed by atoms with Crippen molar-refractivity contribution in [3.8, 4) is 11.5 Å². The molecule has 204 valence electrons. The fraction of sp³-hybridized carbons (Fsp3) is 0.172. The van der Waals surface area contributed by atoms with E-state index in [1.54, 1.807) is 42.5 Å². The first-order valence-electron chi connectivity index (χ1n) is 11.8. The van der Waals surface area contributed by atoms with Gasteiger partial charge in [0.2, 0.25) is 0 Å². The molecule has 0 saturated carbocycles. The second kappa shape index (κ2) is 14.8. The van der Waals surface area contributed by atoms with E-state index in [1.165, 1.54) is 20.5 Å². The van der Waals surface area contributed by atoms with Crippen LogP contribution in [0.4, 0.5) is 0 Å². The van der Waals surface area contributed by atoms with Crippen molar-refractivity contribution >= 4 is 40.5 Å². The van der Waals surface area contributed by atoms with Crippen LogP contribution in [0.3, 0.4) is 0 Å². The maximum absolute atomic E-state index is 12.2. The van der Waals surface area contributed by atoms with Gasteiger partial charge in [0.15, 0.2) is 0 Å². The zero-order chi connectivity index (χ0) is 28.2. The summed E-state index contributed by atoms with van der Waals surface area (Å²) >= 11 is 12.0. The number of oxime groups is 1. The van der Waals surface area contributed by atoms with Gasteiger partial charge >= 0.3 is 5.97 Å². The molecule has 0 radical (unpaired) electrons. The van der Waals surface area contributed by atoms with Gasteiger partial charge in [-0.25, -0.2) is 4.79 Å². The summed E-state index contributed by atoms with van der Waals surface area (Å²) in [6, 6.07) is 19.5. The molecule has 0 aliphatic rings. The van der Waals surface area contributed by atoms with E-state index >= 15 is 0 Å². The molecule has 0 spiro atoms. The maximum Gasteiger partial charge on any atom is 0.341 e. The predicted molar refractivity (Wildman–Crippen MR) is 152 cm³/mol. The predicted octanol–water partition coefficient (Wildman–Crippen LogP) is 6.92. The number of hydrogen-bond acceptors (Lipinski definition) is 8. The van der Waals surface area contributed by atoms with Gasteiger partial charge in [-0.15, -0.1) is 0 Å². The molecule has 3 aromatic carbocycles. The van der Waals surface area contributed by atoms with Crippen LogP contribution in [0.25, 0.3) is 5.57 Å². The molecule has 0 aliphatic heterocycles. The van der Waals surface area contributed by atoms with E-state index in [-0.39, 0.29) is 12.2 Å². The van der Waals surface area contributed by atoms with Crippen molar-refractivity contribution < 1.29 is 28.7 Å². The van der Waals surface area contributed by atoms with E-state index < -0.39 is 5.97 Å². The highest BCUT2D eigenvalue weighted by Gasteiger charge is 2.17. The number of halogens is 2. The van der Waals surface area contributed by atoms with Crippen molar-refractivity contribution in [3.05, 3.63) is 112 Å². The molecule has 0 bridgehead atoms. The summed E-state index contributed by atoms with van der Waals surface area (Å²) in [7, 11) is 2.76. The Morgan fingerprint density at radius 2 is 1.72 bits per heavy atom. The van der Waals surface area contributed by atoms with Crippen LogP contribution in [0.15, 0.2) is 90.4 Å². The smallest absolute Gasteiger partial charge is 0.341 e. The van der Waals surface area contributed by atoms with Crippen LogP contribution in [0.1, 0.15) is 23.6 Å². The number of methoxy groups -OCH3 is 2.